The lowest BCUT2D eigenvalue weighted by molar-refractivity contribution is -0.147. The number of hydrogen-bond donors (Lipinski definition) is 4. The molecule has 0 aliphatic heterocycles. The zero-order valence-electron chi connectivity index (χ0n) is 26.5. The fraction of sp³-hybridized carbons (Fsp3) is 0.839. The Hall–Kier alpha value is -1.78. The number of aliphatic hydroxyl groups is 1. The van der Waals surface area contributed by atoms with E-state index in [0.29, 0.717) is 6.42 Å². The van der Waals surface area contributed by atoms with Gasteiger partial charge in [-0.3, -0.25) is 18.6 Å². The van der Waals surface area contributed by atoms with Crippen LogP contribution >= 0.6 is 7.82 Å². The van der Waals surface area contributed by atoms with Gasteiger partial charge in [0.25, 0.3) is 0 Å². The van der Waals surface area contributed by atoms with Crippen LogP contribution in [0, 0.1) is 0 Å². The number of unbranched alkanes of at least 4 members (excludes halogenated alkanes) is 15. The number of amides is 1. The van der Waals surface area contributed by atoms with Gasteiger partial charge in [-0.25, -0.2) is 9.36 Å². The molecule has 43 heavy (non-hydrogen) atoms. The molecule has 0 aliphatic carbocycles. The average Bonchev–Trinajstić information content (AvgIpc) is 2.98. The Morgan fingerprint density at radius 3 is 1.74 bits per heavy atom. The number of carbonyl (C=O) groups is 3. The molecule has 4 N–H and O–H groups in total. The third kappa shape index (κ3) is 27.5. The molecule has 3 unspecified atom stereocenters. The highest BCUT2D eigenvalue weighted by molar-refractivity contribution is 7.47. The van der Waals surface area contributed by atoms with Crippen LogP contribution in [-0.2, 0) is 32.7 Å². The van der Waals surface area contributed by atoms with Gasteiger partial charge >= 0.3 is 19.8 Å². The first-order valence-electron chi connectivity index (χ1n) is 16.2. The molecule has 0 rings (SSSR count). The number of allylic oxidation sites excluding steroid dienone is 2. The highest BCUT2D eigenvalue weighted by Gasteiger charge is 2.28. The number of rotatable bonds is 30. The van der Waals surface area contributed by atoms with E-state index in [2.05, 4.69) is 33.4 Å². The molecule has 0 radical (unpaired) electrons. The molecule has 0 saturated carbocycles. The molecule has 0 saturated heterocycles. The summed E-state index contributed by atoms with van der Waals surface area (Å²) >= 11 is 0. The molecule has 0 bridgehead atoms. The van der Waals surface area contributed by atoms with E-state index in [9.17, 15) is 28.9 Å². The first-order valence-corrected chi connectivity index (χ1v) is 17.7. The van der Waals surface area contributed by atoms with E-state index in [4.69, 9.17) is 9.84 Å². The summed E-state index contributed by atoms with van der Waals surface area (Å²) < 4.78 is 26.1. The topological polar surface area (TPSA) is 169 Å². The lowest BCUT2D eigenvalue weighted by Gasteiger charge is -2.18. The minimum Gasteiger partial charge on any atom is -0.480 e. The largest absolute Gasteiger partial charge is 0.480 e. The fourth-order valence-electron chi connectivity index (χ4n) is 4.21. The van der Waals surface area contributed by atoms with Gasteiger partial charge in [0.05, 0.1) is 13.2 Å². The van der Waals surface area contributed by atoms with Crippen LogP contribution in [0.3, 0.4) is 0 Å². The van der Waals surface area contributed by atoms with Crippen molar-refractivity contribution in [3.63, 3.8) is 0 Å². The van der Waals surface area contributed by atoms with Crippen LogP contribution in [0.1, 0.15) is 136 Å². The Labute approximate surface area is 258 Å². The molecule has 252 valence electrons. The van der Waals surface area contributed by atoms with E-state index in [1.807, 2.05) is 0 Å². The van der Waals surface area contributed by atoms with Crippen LogP contribution in [0.25, 0.3) is 0 Å². The summed E-state index contributed by atoms with van der Waals surface area (Å²) in [7, 11) is -4.71. The van der Waals surface area contributed by atoms with Gasteiger partial charge in [0, 0.05) is 12.8 Å². The number of phosphoric acid groups is 1. The number of carboxylic acid groups (broad SMARTS) is 1. The first kappa shape index (κ1) is 41.2. The Morgan fingerprint density at radius 2 is 1.23 bits per heavy atom. The minimum atomic E-state index is -4.71. The normalized spacial score (nSPS) is 14.3. The Balaban J connectivity index is 3.69. The summed E-state index contributed by atoms with van der Waals surface area (Å²) in [5, 5.41) is 21.1. The van der Waals surface area contributed by atoms with Crippen molar-refractivity contribution >= 4 is 25.7 Å². The molecule has 0 heterocycles. The molecule has 0 aliphatic rings. The first-order chi connectivity index (χ1) is 20.6. The Kier molecular flexibility index (Phi) is 26.6. The standard InChI is InChI=1S/C31H58NO10P/c1-3-5-6-7-8-9-10-11-12-13-14-15-16-17-18-19-20-21-22-23-30(35)40-24-27(33)25-41-43(38,39)42-26-28(31(36)37)32-29(34)4-2/h11-12,27-28,33H,3-10,13-26H2,1-2H3,(H,32,34)(H,36,37)(H,38,39)/b12-11+. The van der Waals surface area contributed by atoms with Crippen molar-refractivity contribution in [2.24, 2.45) is 0 Å². The number of ether oxygens (including phenoxy) is 1. The van der Waals surface area contributed by atoms with Crippen LogP contribution in [0.5, 0.6) is 0 Å². The number of carboxylic acids is 1. The summed E-state index contributed by atoms with van der Waals surface area (Å²) in [6.07, 6.45) is 24.1. The smallest absolute Gasteiger partial charge is 0.472 e. The van der Waals surface area contributed by atoms with E-state index in [0.717, 1.165) is 19.3 Å². The lowest BCUT2D eigenvalue weighted by Crippen LogP contribution is -2.43. The van der Waals surface area contributed by atoms with E-state index in [1.54, 1.807) is 0 Å². The second-order valence-corrected chi connectivity index (χ2v) is 12.4. The number of aliphatic hydroxyl groups excluding tert-OH is 1. The predicted molar refractivity (Wildman–Crippen MR) is 166 cm³/mol. The molecule has 3 atom stereocenters. The molecular weight excluding hydrogens is 577 g/mol. The molecule has 12 heteroatoms. The molecule has 1 amide bonds. The van der Waals surface area contributed by atoms with Gasteiger partial charge in [-0.05, 0) is 32.1 Å². The number of hydrogen-bond acceptors (Lipinski definition) is 8. The second kappa shape index (κ2) is 27.7. The molecular formula is C31H58NO10P. The molecule has 0 aromatic carbocycles. The zero-order valence-corrected chi connectivity index (χ0v) is 27.4. The number of nitrogens with one attached hydrogen (secondary N) is 1. The average molecular weight is 636 g/mol. The minimum absolute atomic E-state index is 0.0278. The van der Waals surface area contributed by atoms with Crippen LogP contribution in [0.2, 0.25) is 0 Å². The van der Waals surface area contributed by atoms with Crippen molar-refractivity contribution in [2.75, 3.05) is 19.8 Å². The fourth-order valence-corrected chi connectivity index (χ4v) is 4.99. The second-order valence-electron chi connectivity index (χ2n) is 11.0. The molecule has 0 spiro atoms. The summed E-state index contributed by atoms with van der Waals surface area (Å²) in [4.78, 5) is 44.0. The monoisotopic (exact) mass is 635 g/mol. The molecule has 0 aromatic rings. The summed E-state index contributed by atoms with van der Waals surface area (Å²) in [6, 6.07) is -1.54. The van der Waals surface area contributed by atoms with Crippen molar-refractivity contribution in [3.05, 3.63) is 12.2 Å². The summed E-state index contributed by atoms with van der Waals surface area (Å²) in [5.41, 5.74) is 0. The van der Waals surface area contributed by atoms with Gasteiger partial charge in [-0.15, -0.1) is 0 Å². The van der Waals surface area contributed by atoms with Crippen LogP contribution in [0.4, 0.5) is 0 Å². The van der Waals surface area contributed by atoms with Gasteiger partial charge in [-0.1, -0.05) is 103 Å². The number of aliphatic carboxylic acids is 1. The number of carbonyl (C=O) groups excluding carboxylic acids is 2. The molecule has 0 aromatic heterocycles. The van der Waals surface area contributed by atoms with Gasteiger partial charge in [0.1, 0.15) is 12.7 Å². The Morgan fingerprint density at radius 1 is 0.744 bits per heavy atom. The quantitative estimate of drug-likeness (QED) is 0.0292. The zero-order chi connectivity index (χ0) is 32.2. The third-order valence-corrected chi connectivity index (χ3v) is 7.82. The van der Waals surface area contributed by atoms with Crippen molar-refractivity contribution in [1.29, 1.82) is 0 Å². The van der Waals surface area contributed by atoms with Crippen molar-refractivity contribution in [1.82, 2.24) is 5.32 Å². The number of phosphoric ester groups is 1. The lowest BCUT2D eigenvalue weighted by atomic mass is 10.1. The number of esters is 1. The SMILES string of the molecule is CCCCCCCC/C=C/CCCCCCCCCCCC(=O)OCC(O)COP(=O)(O)OCC(NC(=O)CC)C(=O)O. The highest BCUT2D eigenvalue weighted by Crippen LogP contribution is 2.43. The van der Waals surface area contributed by atoms with E-state index < -0.39 is 57.6 Å². The summed E-state index contributed by atoms with van der Waals surface area (Å²) in [6.45, 7) is 1.87. The van der Waals surface area contributed by atoms with E-state index >= 15 is 0 Å². The van der Waals surface area contributed by atoms with E-state index in [-0.39, 0.29) is 12.8 Å². The van der Waals surface area contributed by atoms with Crippen molar-refractivity contribution < 1.29 is 47.8 Å². The summed E-state index contributed by atoms with van der Waals surface area (Å²) in [5.74, 6) is -2.49. The van der Waals surface area contributed by atoms with Crippen molar-refractivity contribution in [2.45, 2.75) is 148 Å². The van der Waals surface area contributed by atoms with Gasteiger partial charge in [0.15, 0.2) is 6.04 Å². The van der Waals surface area contributed by atoms with Crippen molar-refractivity contribution in [3.8, 4) is 0 Å². The van der Waals surface area contributed by atoms with Gasteiger partial charge < -0.3 is 25.2 Å². The third-order valence-electron chi connectivity index (χ3n) is 6.87. The Bertz CT molecular complexity index is 807. The van der Waals surface area contributed by atoms with E-state index in [1.165, 1.54) is 90.4 Å². The highest BCUT2D eigenvalue weighted by atomic mass is 31.2. The molecule has 0 fully saturated rings. The predicted octanol–water partition coefficient (Wildman–Crippen LogP) is 6.60. The molecule has 11 nitrogen and oxygen atoms in total. The maximum Gasteiger partial charge on any atom is 0.472 e. The van der Waals surface area contributed by atoms with Crippen LogP contribution in [-0.4, -0.2) is 64.9 Å². The maximum atomic E-state index is 11.9. The van der Waals surface area contributed by atoms with Gasteiger partial charge in [0.2, 0.25) is 5.91 Å². The maximum absolute atomic E-state index is 11.9. The van der Waals surface area contributed by atoms with Crippen LogP contribution in [0.15, 0.2) is 12.2 Å². The van der Waals surface area contributed by atoms with Gasteiger partial charge in [-0.2, -0.15) is 0 Å². The van der Waals surface area contributed by atoms with Crippen LogP contribution < -0.4 is 5.32 Å².